The highest BCUT2D eigenvalue weighted by Gasteiger charge is 2.52. The lowest BCUT2D eigenvalue weighted by Crippen LogP contribution is -2.52. The molecule has 3 fully saturated rings. The van der Waals surface area contributed by atoms with Crippen molar-refractivity contribution in [2.75, 3.05) is 32.9 Å². The van der Waals surface area contributed by atoms with Crippen LogP contribution in [0.1, 0.15) is 39.0 Å². The monoisotopic (exact) mass is 298 g/mol. The Hall–Kier alpha value is -0.690. The normalized spacial score (nSPS) is 31.0. The number of esters is 1. The van der Waals surface area contributed by atoms with E-state index in [9.17, 15) is 4.79 Å². The minimum absolute atomic E-state index is 0.0206. The zero-order valence-electron chi connectivity index (χ0n) is 12.8. The van der Waals surface area contributed by atoms with Crippen LogP contribution in [0.2, 0.25) is 0 Å². The van der Waals surface area contributed by atoms with Crippen LogP contribution in [0.5, 0.6) is 0 Å². The Morgan fingerprint density at radius 2 is 1.95 bits per heavy atom. The third-order valence-corrected chi connectivity index (χ3v) is 5.15. The second-order valence-corrected chi connectivity index (χ2v) is 6.48. The summed E-state index contributed by atoms with van der Waals surface area (Å²) in [7, 11) is 0. The standard InChI is InChI=1S/C15H26N2O4/c1-2-19-13(18)11-17-10-12(16)9-14(17)3-5-15(6-4-14)20-7-8-21-15/h12H,2-11,16H2,1H3. The maximum atomic E-state index is 11.8. The minimum Gasteiger partial charge on any atom is -0.465 e. The predicted octanol–water partition coefficient (Wildman–Crippen LogP) is 0.638. The molecule has 0 aromatic carbocycles. The van der Waals surface area contributed by atoms with Gasteiger partial charge < -0.3 is 19.9 Å². The topological polar surface area (TPSA) is 74.0 Å². The molecule has 6 heteroatoms. The molecule has 0 aromatic heterocycles. The quantitative estimate of drug-likeness (QED) is 0.771. The number of hydrogen-bond donors (Lipinski definition) is 1. The summed E-state index contributed by atoms with van der Waals surface area (Å²) in [5.74, 6) is -0.521. The number of nitrogens with zero attached hydrogens (tertiary/aromatic N) is 1. The molecule has 0 radical (unpaired) electrons. The fraction of sp³-hybridized carbons (Fsp3) is 0.933. The number of hydrogen-bond acceptors (Lipinski definition) is 6. The Labute approximate surface area is 125 Å². The number of rotatable bonds is 3. The van der Waals surface area contributed by atoms with Crippen molar-refractivity contribution in [3.63, 3.8) is 0 Å². The molecule has 1 unspecified atom stereocenters. The summed E-state index contributed by atoms with van der Waals surface area (Å²) < 4.78 is 16.7. The van der Waals surface area contributed by atoms with Crippen LogP contribution in [0, 0.1) is 0 Å². The van der Waals surface area contributed by atoms with E-state index in [1.165, 1.54) is 0 Å². The average Bonchev–Trinajstić information content (AvgIpc) is 3.01. The first-order chi connectivity index (χ1) is 10.1. The van der Waals surface area contributed by atoms with Gasteiger partial charge in [0.1, 0.15) is 0 Å². The Bertz CT molecular complexity index is 385. The van der Waals surface area contributed by atoms with Crippen LogP contribution in [0.4, 0.5) is 0 Å². The van der Waals surface area contributed by atoms with Gasteiger partial charge in [0.05, 0.1) is 26.4 Å². The highest BCUT2D eigenvalue weighted by atomic mass is 16.7. The van der Waals surface area contributed by atoms with Crippen LogP contribution < -0.4 is 5.73 Å². The number of carbonyl (C=O) groups is 1. The summed E-state index contributed by atoms with van der Waals surface area (Å²) in [5, 5.41) is 0. The summed E-state index contributed by atoms with van der Waals surface area (Å²) in [6.07, 6.45) is 4.67. The highest BCUT2D eigenvalue weighted by molar-refractivity contribution is 5.71. The molecular weight excluding hydrogens is 272 g/mol. The molecule has 1 aliphatic carbocycles. The number of ether oxygens (including phenoxy) is 3. The van der Waals surface area contributed by atoms with Crippen LogP contribution in [-0.4, -0.2) is 61.1 Å². The van der Waals surface area contributed by atoms with Gasteiger partial charge in [0.2, 0.25) is 0 Å². The lowest BCUT2D eigenvalue weighted by atomic mass is 9.76. The summed E-state index contributed by atoms with van der Waals surface area (Å²) >= 11 is 0. The van der Waals surface area contributed by atoms with E-state index in [1.807, 2.05) is 6.92 Å². The maximum absolute atomic E-state index is 11.8. The van der Waals surface area contributed by atoms with Gasteiger partial charge in [-0.2, -0.15) is 0 Å². The molecule has 2 N–H and O–H groups in total. The van der Waals surface area contributed by atoms with Crippen LogP contribution in [0.15, 0.2) is 0 Å². The second kappa shape index (κ2) is 5.83. The van der Waals surface area contributed by atoms with E-state index in [0.29, 0.717) is 26.4 Å². The zero-order valence-corrected chi connectivity index (χ0v) is 12.8. The van der Waals surface area contributed by atoms with Crippen molar-refractivity contribution >= 4 is 5.97 Å². The van der Waals surface area contributed by atoms with Crippen molar-refractivity contribution < 1.29 is 19.0 Å². The van der Waals surface area contributed by atoms with E-state index >= 15 is 0 Å². The van der Waals surface area contributed by atoms with Crippen molar-refractivity contribution in [3.05, 3.63) is 0 Å². The van der Waals surface area contributed by atoms with E-state index < -0.39 is 0 Å². The Kier molecular flexibility index (Phi) is 4.23. The molecular formula is C15H26N2O4. The van der Waals surface area contributed by atoms with Gasteiger partial charge in [-0.25, -0.2) is 0 Å². The average molecular weight is 298 g/mol. The molecule has 21 heavy (non-hydrogen) atoms. The maximum Gasteiger partial charge on any atom is 0.320 e. The molecule has 2 saturated heterocycles. The summed E-state index contributed by atoms with van der Waals surface area (Å²) in [6, 6.07) is 0.138. The lowest BCUT2D eigenvalue weighted by Gasteiger charge is -2.46. The Balaban J connectivity index is 1.66. The number of likely N-dealkylation sites (tertiary alicyclic amines) is 1. The Morgan fingerprint density at radius 1 is 1.29 bits per heavy atom. The van der Waals surface area contributed by atoms with Gasteiger partial charge in [0.15, 0.2) is 5.79 Å². The van der Waals surface area contributed by atoms with Gasteiger partial charge in [0, 0.05) is 31.0 Å². The van der Waals surface area contributed by atoms with E-state index in [-0.39, 0.29) is 23.3 Å². The van der Waals surface area contributed by atoms with Gasteiger partial charge >= 0.3 is 5.97 Å². The first-order valence-corrected chi connectivity index (χ1v) is 8.02. The smallest absolute Gasteiger partial charge is 0.320 e. The van der Waals surface area contributed by atoms with Crippen molar-refractivity contribution in [3.8, 4) is 0 Å². The fourth-order valence-corrected chi connectivity index (χ4v) is 4.16. The van der Waals surface area contributed by atoms with Gasteiger partial charge in [0.25, 0.3) is 0 Å². The zero-order chi connectivity index (χ0) is 14.9. The minimum atomic E-state index is -0.368. The summed E-state index contributed by atoms with van der Waals surface area (Å²) in [4.78, 5) is 14.1. The van der Waals surface area contributed by atoms with E-state index in [2.05, 4.69) is 4.90 Å². The molecule has 0 bridgehead atoms. The van der Waals surface area contributed by atoms with Crippen LogP contribution in [0.25, 0.3) is 0 Å². The highest BCUT2D eigenvalue weighted by Crippen LogP contribution is 2.47. The van der Waals surface area contributed by atoms with Gasteiger partial charge in [-0.3, -0.25) is 9.69 Å². The largest absolute Gasteiger partial charge is 0.465 e. The third-order valence-electron chi connectivity index (χ3n) is 5.15. The SMILES string of the molecule is CCOC(=O)CN1CC(N)CC12CCC1(CC2)OCCO1. The molecule has 0 amide bonds. The van der Waals surface area contributed by atoms with E-state index in [0.717, 1.165) is 38.6 Å². The van der Waals surface area contributed by atoms with Crippen LogP contribution >= 0.6 is 0 Å². The fourth-order valence-electron chi connectivity index (χ4n) is 4.16. The second-order valence-electron chi connectivity index (χ2n) is 6.48. The van der Waals surface area contributed by atoms with Gasteiger partial charge in [-0.1, -0.05) is 0 Å². The van der Waals surface area contributed by atoms with Crippen molar-refractivity contribution in [1.29, 1.82) is 0 Å². The van der Waals surface area contributed by atoms with Crippen molar-refractivity contribution in [2.24, 2.45) is 5.73 Å². The van der Waals surface area contributed by atoms with Crippen molar-refractivity contribution in [2.45, 2.75) is 56.4 Å². The molecule has 3 aliphatic rings. The molecule has 0 aromatic rings. The summed E-state index contributed by atoms with van der Waals surface area (Å²) in [6.45, 7) is 4.76. The number of carbonyl (C=O) groups excluding carboxylic acids is 1. The molecule has 2 heterocycles. The molecule has 3 rings (SSSR count). The first-order valence-electron chi connectivity index (χ1n) is 8.02. The first kappa shape index (κ1) is 15.2. The van der Waals surface area contributed by atoms with Crippen LogP contribution in [-0.2, 0) is 19.0 Å². The predicted molar refractivity (Wildman–Crippen MR) is 76.6 cm³/mol. The van der Waals surface area contributed by atoms with E-state index in [4.69, 9.17) is 19.9 Å². The molecule has 6 nitrogen and oxygen atoms in total. The van der Waals surface area contributed by atoms with Gasteiger partial charge in [-0.15, -0.1) is 0 Å². The van der Waals surface area contributed by atoms with Crippen molar-refractivity contribution in [1.82, 2.24) is 4.90 Å². The number of nitrogens with two attached hydrogens (primary N) is 1. The van der Waals surface area contributed by atoms with Crippen LogP contribution in [0.3, 0.4) is 0 Å². The molecule has 1 atom stereocenters. The molecule has 2 spiro atoms. The molecule has 1 saturated carbocycles. The lowest BCUT2D eigenvalue weighted by molar-refractivity contribution is -0.192. The Morgan fingerprint density at radius 3 is 2.57 bits per heavy atom. The third kappa shape index (κ3) is 2.95. The molecule has 120 valence electrons. The van der Waals surface area contributed by atoms with Gasteiger partial charge in [-0.05, 0) is 26.2 Å². The molecule has 2 aliphatic heterocycles. The summed E-state index contributed by atoms with van der Waals surface area (Å²) in [5.41, 5.74) is 6.19. The van der Waals surface area contributed by atoms with E-state index in [1.54, 1.807) is 0 Å².